The van der Waals surface area contributed by atoms with E-state index in [1.165, 1.54) is 24.3 Å². The molecule has 12 heteroatoms. The maximum absolute atomic E-state index is 11.8. The van der Waals surface area contributed by atoms with Crippen LogP contribution in [0.5, 0.6) is 0 Å². The molecule has 39 heavy (non-hydrogen) atoms. The molecule has 0 bridgehead atoms. The third-order valence-electron chi connectivity index (χ3n) is 7.48. The fourth-order valence-electron chi connectivity index (χ4n) is 5.54. The zero-order chi connectivity index (χ0) is 29.0. The molecule has 0 aliphatic carbocycles. The molecule has 4 rings (SSSR count). The molecule has 4 N–H and O–H groups in total. The van der Waals surface area contributed by atoms with E-state index >= 15 is 0 Å². The van der Waals surface area contributed by atoms with Crippen molar-refractivity contribution < 1.29 is 40.7 Å². The van der Waals surface area contributed by atoms with Crippen molar-refractivity contribution >= 4 is 37.3 Å². The number of aliphatic hydroxyl groups excluding tert-OH is 2. The lowest BCUT2D eigenvalue weighted by Crippen LogP contribution is -2.29. The van der Waals surface area contributed by atoms with Crippen LogP contribution in [-0.2, 0) is 31.1 Å². The number of anilines is 1. The maximum Gasteiger partial charge on any atom is 0.294 e. The zero-order valence-electron chi connectivity index (χ0n) is 22.2. The summed E-state index contributed by atoms with van der Waals surface area (Å²) in [7, 11) is -8.79. The molecule has 2 aromatic carbocycles. The highest BCUT2D eigenvalue weighted by molar-refractivity contribution is 7.86. The van der Waals surface area contributed by atoms with E-state index in [0.717, 1.165) is 22.8 Å². The fourth-order valence-corrected chi connectivity index (χ4v) is 6.56. The summed E-state index contributed by atoms with van der Waals surface area (Å²) in [6, 6.07) is 8.77. The molecule has 0 saturated heterocycles. The minimum atomic E-state index is -4.40. The van der Waals surface area contributed by atoms with Gasteiger partial charge in [-0.15, -0.1) is 0 Å². The lowest BCUT2D eigenvalue weighted by molar-refractivity contribution is -0.441. The first-order valence-electron chi connectivity index (χ1n) is 12.3. The van der Waals surface area contributed by atoms with Gasteiger partial charge in [0.25, 0.3) is 20.2 Å². The summed E-state index contributed by atoms with van der Waals surface area (Å²) in [4.78, 5) is 1.48. The molecule has 2 aliphatic rings. The Morgan fingerprint density at radius 1 is 0.846 bits per heavy atom. The van der Waals surface area contributed by atoms with Gasteiger partial charge in [-0.1, -0.05) is 19.9 Å². The van der Waals surface area contributed by atoms with Gasteiger partial charge in [-0.25, -0.2) is 0 Å². The number of benzene rings is 2. The molecule has 0 radical (unpaired) electrons. The van der Waals surface area contributed by atoms with E-state index in [1.807, 2.05) is 55.4 Å². The van der Waals surface area contributed by atoms with E-state index in [-0.39, 0.29) is 36.1 Å². The van der Waals surface area contributed by atoms with Crippen molar-refractivity contribution in [2.24, 2.45) is 0 Å². The molecule has 0 aromatic heterocycles. The van der Waals surface area contributed by atoms with E-state index in [1.54, 1.807) is 12.1 Å². The summed E-state index contributed by atoms with van der Waals surface area (Å²) < 4.78 is 68.1. The Bertz CT molecular complexity index is 1640. The third-order valence-corrected chi connectivity index (χ3v) is 9.18. The van der Waals surface area contributed by atoms with E-state index < -0.39 is 31.1 Å². The monoisotopic (exact) mass is 577 g/mol. The first-order chi connectivity index (χ1) is 18.0. The summed E-state index contributed by atoms with van der Waals surface area (Å²) in [6.45, 7) is 7.95. The van der Waals surface area contributed by atoms with E-state index in [9.17, 15) is 36.2 Å². The van der Waals surface area contributed by atoms with E-state index in [2.05, 4.69) is 0 Å². The summed E-state index contributed by atoms with van der Waals surface area (Å²) in [6.07, 6.45) is 5.57. The van der Waals surface area contributed by atoms with Gasteiger partial charge < -0.3 is 15.1 Å². The van der Waals surface area contributed by atoms with Crippen molar-refractivity contribution in [2.45, 2.75) is 48.3 Å². The number of nitrogens with zero attached hydrogens (tertiary/aromatic N) is 2. The molecular formula is C27H33N2O8S2+. The van der Waals surface area contributed by atoms with Crippen LogP contribution >= 0.6 is 0 Å². The summed E-state index contributed by atoms with van der Waals surface area (Å²) in [5, 5.41) is 19.5. The van der Waals surface area contributed by atoms with Crippen LogP contribution in [0.15, 0.2) is 70.1 Å². The van der Waals surface area contributed by atoms with Crippen molar-refractivity contribution in [3.8, 4) is 0 Å². The maximum atomic E-state index is 11.8. The normalized spacial score (nSPS) is 19.3. The molecule has 2 aliphatic heterocycles. The van der Waals surface area contributed by atoms with Crippen LogP contribution in [0.3, 0.4) is 0 Å². The molecule has 0 amide bonds. The number of hydrogen-bond donors (Lipinski definition) is 4. The Morgan fingerprint density at radius 3 is 2.00 bits per heavy atom. The van der Waals surface area contributed by atoms with Crippen molar-refractivity contribution in [1.82, 2.24) is 0 Å². The number of allylic oxidation sites excluding steroid dienone is 4. The predicted octanol–water partition coefficient (Wildman–Crippen LogP) is 2.78. The van der Waals surface area contributed by atoms with Crippen LogP contribution in [0.4, 0.5) is 11.4 Å². The quantitative estimate of drug-likeness (QED) is 0.274. The second-order valence-electron chi connectivity index (χ2n) is 10.6. The molecule has 0 saturated carbocycles. The lowest BCUT2D eigenvalue weighted by atomic mass is 9.81. The van der Waals surface area contributed by atoms with Gasteiger partial charge in [-0.3, -0.25) is 9.11 Å². The van der Waals surface area contributed by atoms with Crippen LogP contribution in [-0.4, -0.2) is 72.7 Å². The summed E-state index contributed by atoms with van der Waals surface area (Å²) in [5.74, 6) is 0. The highest BCUT2D eigenvalue weighted by Crippen LogP contribution is 2.48. The van der Waals surface area contributed by atoms with Crippen molar-refractivity contribution in [1.29, 1.82) is 0 Å². The molecule has 0 fully saturated rings. The van der Waals surface area contributed by atoms with Gasteiger partial charge in [0.2, 0.25) is 5.69 Å². The number of rotatable bonds is 8. The molecule has 0 unspecified atom stereocenters. The molecule has 2 heterocycles. The van der Waals surface area contributed by atoms with Crippen LogP contribution in [0.2, 0.25) is 0 Å². The van der Waals surface area contributed by atoms with Crippen LogP contribution < -0.4 is 4.90 Å². The van der Waals surface area contributed by atoms with Gasteiger partial charge in [-0.2, -0.15) is 21.4 Å². The Kier molecular flexibility index (Phi) is 7.43. The van der Waals surface area contributed by atoms with Crippen LogP contribution in [0, 0.1) is 0 Å². The van der Waals surface area contributed by atoms with Gasteiger partial charge in [0.15, 0.2) is 12.3 Å². The molecule has 0 spiro atoms. The summed E-state index contributed by atoms with van der Waals surface area (Å²) >= 11 is 0. The Hall–Kier alpha value is -2.87. The van der Waals surface area contributed by atoms with Gasteiger partial charge in [0.05, 0.1) is 21.8 Å². The average Bonchev–Trinajstić information content (AvgIpc) is 3.17. The number of fused-ring (bicyclic) bond motifs is 2. The predicted molar refractivity (Wildman–Crippen MR) is 147 cm³/mol. The van der Waals surface area contributed by atoms with Gasteiger partial charge in [-0.05, 0) is 55.8 Å². The van der Waals surface area contributed by atoms with Gasteiger partial charge in [0, 0.05) is 41.1 Å². The Labute approximate surface area is 228 Å². The number of β-amino-alcohol motifs (C(OH)–C–C–N with tert-alkyl or cyclic N) is 2. The first kappa shape index (κ1) is 29.1. The highest BCUT2D eigenvalue weighted by Gasteiger charge is 2.45. The zero-order valence-corrected chi connectivity index (χ0v) is 23.8. The summed E-state index contributed by atoms with van der Waals surface area (Å²) in [5.41, 5.74) is 3.09. The largest absolute Gasteiger partial charge is 0.395 e. The van der Waals surface area contributed by atoms with Crippen molar-refractivity contribution in [3.05, 3.63) is 71.5 Å². The molecule has 2 aromatic rings. The van der Waals surface area contributed by atoms with Crippen molar-refractivity contribution in [2.75, 3.05) is 31.2 Å². The molecule has 210 valence electrons. The number of hydrogen-bond acceptors (Lipinski definition) is 7. The third kappa shape index (κ3) is 5.08. The lowest BCUT2D eigenvalue weighted by Gasteiger charge is -2.26. The Morgan fingerprint density at radius 2 is 1.44 bits per heavy atom. The van der Waals surface area contributed by atoms with Crippen molar-refractivity contribution in [3.63, 3.8) is 0 Å². The Balaban J connectivity index is 1.80. The van der Waals surface area contributed by atoms with E-state index in [0.29, 0.717) is 11.1 Å². The average molecular weight is 578 g/mol. The first-order valence-corrected chi connectivity index (χ1v) is 15.2. The van der Waals surface area contributed by atoms with E-state index in [4.69, 9.17) is 0 Å². The molecule has 10 nitrogen and oxygen atoms in total. The minimum Gasteiger partial charge on any atom is -0.395 e. The van der Waals surface area contributed by atoms with Crippen LogP contribution in [0.1, 0.15) is 38.8 Å². The molecule has 0 atom stereocenters. The molecular weight excluding hydrogens is 544 g/mol. The second-order valence-corrected chi connectivity index (χ2v) is 13.4. The number of aliphatic hydroxyl groups is 2. The second kappa shape index (κ2) is 9.95. The minimum absolute atomic E-state index is 0.142. The smallest absolute Gasteiger partial charge is 0.294 e. The topological polar surface area (TPSA) is 155 Å². The SMILES string of the molecule is CC1(C)C(C=C/C=C2/N(CCO)c3ccc(S(=O)(=O)O)cc3C2(C)C)=[N+](CCO)c2ccc(S(=O)(=O)O)cc21. The van der Waals surface area contributed by atoms with Crippen LogP contribution in [0.25, 0.3) is 0 Å². The highest BCUT2D eigenvalue weighted by atomic mass is 32.2. The van der Waals surface area contributed by atoms with Gasteiger partial charge in [0.1, 0.15) is 6.61 Å². The standard InChI is InChI=1S/C27H32N2O8S2/c1-26(2)20-16-18(38(32,33)34)8-10-22(20)28(12-14-30)24(26)6-5-7-25-27(3,4)21-17-19(39(35,36)37)9-11-23(21)29(25)13-15-31/h5-11,16-17,30-31H,12-15H2,1-4H3,(H-,32,33,34,35,36,37)/p+1. The fraction of sp³-hybridized carbons (Fsp3) is 0.370. The van der Waals surface area contributed by atoms with Gasteiger partial charge >= 0.3 is 0 Å².